The maximum absolute atomic E-state index is 5.86. The molecule has 110 valence electrons. The highest BCUT2D eigenvalue weighted by molar-refractivity contribution is 5.07. The maximum atomic E-state index is 5.86. The lowest BCUT2D eigenvalue weighted by Crippen LogP contribution is -2.62. The average molecular weight is 265 g/mol. The highest BCUT2D eigenvalue weighted by Gasteiger charge is 2.50. The van der Waals surface area contributed by atoms with Crippen molar-refractivity contribution in [3.8, 4) is 0 Å². The van der Waals surface area contributed by atoms with Gasteiger partial charge in [-0.2, -0.15) is 0 Å². The van der Waals surface area contributed by atoms with Crippen LogP contribution in [0, 0.1) is 5.41 Å². The molecule has 0 saturated heterocycles. The Kier molecular flexibility index (Phi) is 5.47. The third-order valence-corrected chi connectivity index (χ3v) is 5.33. The van der Waals surface area contributed by atoms with Crippen molar-refractivity contribution in [2.45, 2.75) is 77.9 Å². The van der Waals surface area contributed by atoms with Gasteiger partial charge in [0.15, 0.2) is 0 Å². The number of nitrogens with one attached hydrogen (secondary N) is 1. The van der Waals surface area contributed by atoms with E-state index in [0.717, 1.165) is 13.2 Å². The van der Waals surface area contributed by atoms with E-state index in [0.29, 0.717) is 17.6 Å². The van der Waals surface area contributed by atoms with Gasteiger partial charge in [0.2, 0.25) is 0 Å². The zero-order valence-corrected chi connectivity index (χ0v) is 13.0. The van der Waals surface area contributed by atoms with Crippen LogP contribution < -0.4 is 5.32 Å². The second kappa shape index (κ2) is 6.90. The van der Waals surface area contributed by atoms with Gasteiger partial charge in [0.05, 0.1) is 6.10 Å². The minimum absolute atomic E-state index is 0.344. The van der Waals surface area contributed by atoms with Crippen LogP contribution in [0.1, 0.15) is 65.7 Å². The zero-order valence-electron chi connectivity index (χ0n) is 13.0. The van der Waals surface area contributed by atoms with Crippen LogP contribution in [-0.4, -0.2) is 25.3 Å². The molecular formula is C17H31NO. The summed E-state index contributed by atoms with van der Waals surface area (Å²) < 4.78 is 5.86. The summed E-state index contributed by atoms with van der Waals surface area (Å²) in [6.07, 6.45) is 12.0. The summed E-state index contributed by atoms with van der Waals surface area (Å²) in [6.45, 7) is 8.77. The molecule has 3 unspecified atom stereocenters. The monoisotopic (exact) mass is 265 g/mol. The summed E-state index contributed by atoms with van der Waals surface area (Å²) in [5.41, 5.74) is 2.02. The SMILES string of the molecule is CCOC1CC(NCCC2=CCCCC2)C1(C)CC. The van der Waals surface area contributed by atoms with Crippen molar-refractivity contribution >= 4 is 0 Å². The van der Waals surface area contributed by atoms with Gasteiger partial charge in [-0.15, -0.1) is 0 Å². The Morgan fingerprint density at radius 2 is 2.21 bits per heavy atom. The Bertz CT molecular complexity index is 312. The molecule has 2 aliphatic carbocycles. The van der Waals surface area contributed by atoms with Gasteiger partial charge < -0.3 is 10.1 Å². The molecule has 0 radical (unpaired) electrons. The minimum atomic E-state index is 0.344. The maximum Gasteiger partial charge on any atom is 0.0658 e. The molecule has 19 heavy (non-hydrogen) atoms. The molecule has 1 fully saturated rings. The van der Waals surface area contributed by atoms with E-state index in [1.807, 2.05) is 0 Å². The fourth-order valence-corrected chi connectivity index (χ4v) is 3.61. The Morgan fingerprint density at radius 1 is 1.37 bits per heavy atom. The van der Waals surface area contributed by atoms with Crippen LogP contribution in [-0.2, 0) is 4.74 Å². The van der Waals surface area contributed by atoms with Crippen LogP contribution in [0.4, 0.5) is 0 Å². The van der Waals surface area contributed by atoms with Gasteiger partial charge in [-0.1, -0.05) is 25.5 Å². The number of hydrogen-bond acceptors (Lipinski definition) is 2. The van der Waals surface area contributed by atoms with Crippen LogP contribution >= 0.6 is 0 Å². The van der Waals surface area contributed by atoms with E-state index in [2.05, 4.69) is 32.2 Å². The first kappa shape index (κ1) is 15.1. The topological polar surface area (TPSA) is 21.3 Å². The lowest BCUT2D eigenvalue weighted by atomic mass is 9.61. The van der Waals surface area contributed by atoms with Gasteiger partial charge in [-0.05, 0) is 58.4 Å². The summed E-state index contributed by atoms with van der Waals surface area (Å²) in [6, 6.07) is 0.651. The predicted octanol–water partition coefficient (Wildman–Crippen LogP) is 4.06. The quantitative estimate of drug-likeness (QED) is 0.701. The highest BCUT2D eigenvalue weighted by Crippen LogP contribution is 2.45. The molecule has 0 amide bonds. The summed E-state index contributed by atoms with van der Waals surface area (Å²) >= 11 is 0. The summed E-state index contributed by atoms with van der Waals surface area (Å²) in [5.74, 6) is 0. The average Bonchev–Trinajstić information content (AvgIpc) is 2.45. The number of rotatable bonds is 7. The molecule has 3 atom stereocenters. The van der Waals surface area contributed by atoms with Gasteiger partial charge >= 0.3 is 0 Å². The first-order chi connectivity index (χ1) is 9.20. The molecule has 0 heterocycles. The van der Waals surface area contributed by atoms with Gasteiger partial charge in [0.25, 0.3) is 0 Å². The number of hydrogen-bond donors (Lipinski definition) is 1. The van der Waals surface area contributed by atoms with Crippen molar-refractivity contribution in [1.29, 1.82) is 0 Å². The second-order valence-corrected chi connectivity index (χ2v) is 6.40. The van der Waals surface area contributed by atoms with E-state index in [1.165, 1.54) is 44.9 Å². The summed E-state index contributed by atoms with van der Waals surface area (Å²) in [4.78, 5) is 0. The van der Waals surface area contributed by atoms with E-state index in [9.17, 15) is 0 Å². The molecule has 2 nitrogen and oxygen atoms in total. The predicted molar refractivity (Wildman–Crippen MR) is 81.4 cm³/mol. The fraction of sp³-hybridized carbons (Fsp3) is 0.882. The Labute approximate surface area is 119 Å². The molecule has 0 bridgehead atoms. The molecule has 0 spiro atoms. The third kappa shape index (κ3) is 3.41. The molecule has 1 saturated carbocycles. The smallest absolute Gasteiger partial charge is 0.0658 e. The van der Waals surface area contributed by atoms with Crippen molar-refractivity contribution in [2.75, 3.05) is 13.2 Å². The van der Waals surface area contributed by atoms with E-state index in [4.69, 9.17) is 4.74 Å². The van der Waals surface area contributed by atoms with E-state index in [1.54, 1.807) is 5.57 Å². The Balaban J connectivity index is 1.73. The molecule has 0 aromatic rings. The molecule has 0 aromatic carbocycles. The molecule has 0 aliphatic heterocycles. The Hall–Kier alpha value is -0.340. The van der Waals surface area contributed by atoms with Crippen LogP contribution in [0.25, 0.3) is 0 Å². The molecule has 2 heteroatoms. The first-order valence-electron chi connectivity index (χ1n) is 8.23. The van der Waals surface area contributed by atoms with E-state index in [-0.39, 0.29) is 0 Å². The zero-order chi connectivity index (χ0) is 13.7. The number of ether oxygens (including phenoxy) is 1. The summed E-state index contributed by atoms with van der Waals surface area (Å²) in [5, 5.41) is 3.78. The van der Waals surface area contributed by atoms with Crippen LogP contribution in [0.15, 0.2) is 11.6 Å². The van der Waals surface area contributed by atoms with Crippen LogP contribution in [0.5, 0.6) is 0 Å². The Morgan fingerprint density at radius 3 is 2.84 bits per heavy atom. The standard InChI is InChI=1S/C17H31NO/c1-4-17(3)15(13-16(17)19-5-2)18-12-11-14-9-7-6-8-10-14/h9,15-16,18H,4-8,10-13H2,1-3H3. The fourth-order valence-electron chi connectivity index (χ4n) is 3.61. The minimum Gasteiger partial charge on any atom is -0.378 e. The van der Waals surface area contributed by atoms with Gasteiger partial charge in [-0.25, -0.2) is 0 Å². The van der Waals surface area contributed by atoms with Gasteiger partial charge in [-0.3, -0.25) is 0 Å². The third-order valence-electron chi connectivity index (χ3n) is 5.33. The van der Waals surface area contributed by atoms with E-state index < -0.39 is 0 Å². The molecule has 2 rings (SSSR count). The second-order valence-electron chi connectivity index (χ2n) is 6.40. The largest absolute Gasteiger partial charge is 0.378 e. The lowest BCUT2D eigenvalue weighted by Gasteiger charge is -2.54. The van der Waals surface area contributed by atoms with Crippen molar-refractivity contribution in [3.63, 3.8) is 0 Å². The van der Waals surface area contributed by atoms with Gasteiger partial charge in [0.1, 0.15) is 0 Å². The van der Waals surface area contributed by atoms with Crippen molar-refractivity contribution in [2.24, 2.45) is 5.41 Å². The first-order valence-corrected chi connectivity index (χ1v) is 8.23. The molecule has 2 aliphatic rings. The molecule has 0 aromatic heterocycles. The number of allylic oxidation sites excluding steroid dienone is 1. The van der Waals surface area contributed by atoms with Gasteiger partial charge in [0, 0.05) is 18.1 Å². The van der Waals surface area contributed by atoms with Crippen molar-refractivity contribution in [1.82, 2.24) is 5.32 Å². The normalized spacial score (nSPS) is 34.8. The van der Waals surface area contributed by atoms with Crippen LogP contribution in [0.3, 0.4) is 0 Å². The lowest BCUT2D eigenvalue weighted by molar-refractivity contribution is -0.125. The van der Waals surface area contributed by atoms with Crippen molar-refractivity contribution in [3.05, 3.63) is 11.6 Å². The van der Waals surface area contributed by atoms with E-state index >= 15 is 0 Å². The molecular weight excluding hydrogens is 234 g/mol. The van der Waals surface area contributed by atoms with Crippen molar-refractivity contribution < 1.29 is 4.74 Å². The van der Waals surface area contributed by atoms with Crippen LogP contribution in [0.2, 0.25) is 0 Å². The summed E-state index contributed by atoms with van der Waals surface area (Å²) in [7, 11) is 0. The highest BCUT2D eigenvalue weighted by atomic mass is 16.5. The molecule has 1 N–H and O–H groups in total.